The van der Waals surface area contributed by atoms with Crippen LogP contribution in [0.15, 0.2) is 24.3 Å². The Morgan fingerprint density at radius 1 is 1.32 bits per heavy atom. The fourth-order valence-corrected chi connectivity index (χ4v) is 3.22. The summed E-state index contributed by atoms with van der Waals surface area (Å²) in [4.78, 5) is 2.58. The molecule has 104 valence electrons. The van der Waals surface area contributed by atoms with Gasteiger partial charge in [0.05, 0.1) is 12.7 Å². The number of morpholine rings is 1. The second kappa shape index (κ2) is 5.51. The predicted molar refractivity (Wildman–Crippen MR) is 78.7 cm³/mol. The van der Waals surface area contributed by atoms with E-state index in [9.17, 15) is 0 Å². The van der Waals surface area contributed by atoms with Crippen molar-refractivity contribution in [3.05, 3.63) is 29.8 Å². The van der Waals surface area contributed by atoms with E-state index in [1.165, 1.54) is 24.2 Å². The van der Waals surface area contributed by atoms with Crippen molar-refractivity contribution in [2.75, 3.05) is 31.6 Å². The molecule has 1 aromatic rings. The van der Waals surface area contributed by atoms with Crippen LogP contribution in [0.2, 0.25) is 0 Å². The summed E-state index contributed by atoms with van der Waals surface area (Å²) >= 11 is 0. The molecule has 3 unspecified atom stereocenters. The van der Waals surface area contributed by atoms with E-state index >= 15 is 0 Å². The third-order valence-electron chi connectivity index (χ3n) is 4.44. The zero-order chi connectivity index (χ0) is 13.2. The largest absolute Gasteiger partial charge is 0.384 e. The lowest BCUT2D eigenvalue weighted by Gasteiger charge is -2.37. The van der Waals surface area contributed by atoms with Crippen LogP contribution in [-0.4, -0.2) is 43.3 Å². The van der Waals surface area contributed by atoms with E-state index in [0.29, 0.717) is 18.1 Å². The minimum absolute atomic E-state index is 0.380. The highest BCUT2D eigenvalue weighted by atomic mass is 16.5. The maximum absolute atomic E-state index is 5.69. The van der Waals surface area contributed by atoms with E-state index in [1.54, 1.807) is 0 Å². The highest BCUT2D eigenvalue weighted by molar-refractivity contribution is 5.57. The van der Waals surface area contributed by atoms with E-state index < -0.39 is 0 Å². The molecule has 3 atom stereocenters. The number of para-hydroxylation sites is 1. The number of fused-ring (bicyclic) bond motifs is 1. The predicted octanol–water partition coefficient (Wildman–Crippen LogP) is 2.70. The summed E-state index contributed by atoms with van der Waals surface area (Å²) in [7, 11) is 0. The zero-order valence-electron chi connectivity index (χ0n) is 11.9. The summed E-state index contributed by atoms with van der Waals surface area (Å²) in [5, 5.41) is 3.51. The summed E-state index contributed by atoms with van der Waals surface area (Å²) in [5.74, 6) is 0.668. The van der Waals surface area contributed by atoms with Crippen LogP contribution >= 0.6 is 0 Å². The number of nitrogens with one attached hydrogen (secondary N) is 1. The Morgan fingerprint density at radius 3 is 3.05 bits per heavy atom. The van der Waals surface area contributed by atoms with E-state index in [-0.39, 0.29) is 0 Å². The van der Waals surface area contributed by atoms with Gasteiger partial charge in [0.1, 0.15) is 0 Å². The molecule has 1 aromatic carbocycles. The van der Waals surface area contributed by atoms with Crippen LogP contribution in [0, 0.1) is 0 Å². The van der Waals surface area contributed by atoms with Crippen LogP contribution in [0.1, 0.15) is 31.7 Å². The Hall–Kier alpha value is -1.06. The third kappa shape index (κ3) is 2.77. The number of nitrogens with zero attached hydrogens (tertiary/aromatic N) is 1. The first-order valence-electron chi connectivity index (χ1n) is 7.42. The van der Waals surface area contributed by atoms with Gasteiger partial charge in [-0.1, -0.05) is 18.2 Å². The summed E-state index contributed by atoms with van der Waals surface area (Å²) in [6.07, 6.45) is 1.62. The molecule has 2 aliphatic heterocycles. The standard InChI is InChI=1S/C16H24N2O/c1-12-11-19-13(2)10-18(12)8-7-14-9-17-16-6-4-3-5-15(14)16/h3-6,12-14,17H,7-11H2,1-2H3. The fraction of sp³-hybridized carbons (Fsp3) is 0.625. The molecule has 2 aliphatic rings. The quantitative estimate of drug-likeness (QED) is 0.904. The summed E-state index contributed by atoms with van der Waals surface area (Å²) in [6, 6.07) is 9.28. The average Bonchev–Trinajstić information content (AvgIpc) is 2.83. The molecular weight excluding hydrogens is 236 g/mol. The molecule has 3 nitrogen and oxygen atoms in total. The van der Waals surface area contributed by atoms with Crippen molar-refractivity contribution in [2.45, 2.75) is 38.3 Å². The molecule has 2 heterocycles. The lowest BCUT2D eigenvalue weighted by molar-refractivity contribution is -0.0498. The smallest absolute Gasteiger partial charge is 0.0674 e. The lowest BCUT2D eigenvalue weighted by atomic mass is 9.97. The van der Waals surface area contributed by atoms with Gasteiger partial charge in [-0.25, -0.2) is 0 Å². The first-order valence-corrected chi connectivity index (χ1v) is 7.42. The zero-order valence-corrected chi connectivity index (χ0v) is 11.9. The highest BCUT2D eigenvalue weighted by Gasteiger charge is 2.26. The second-order valence-corrected chi connectivity index (χ2v) is 5.94. The molecular formula is C16H24N2O. The minimum Gasteiger partial charge on any atom is -0.384 e. The van der Waals surface area contributed by atoms with Crippen LogP contribution in [0.3, 0.4) is 0 Å². The molecule has 3 heteroatoms. The van der Waals surface area contributed by atoms with E-state index in [0.717, 1.165) is 19.7 Å². The molecule has 1 saturated heterocycles. The van der Waals surface area contributed by atoms with Gasteiger partial charge in [-0.3, -0.25) is 4.90 Å². The van der Waals surface area contributed by atoms with Gasteiger partial charge in [0.25, 0.3) is 0 Å². The number of benzene rings is 1. The first-order chi connectivity index (χ1) is 9.24. The van der Waals surface area contributed by atoms with Gasteiger partial charge in [-0.15, -0.1) is 0 Å². The molecule has 0 radical (unpaired) electrons. The van der Waals surface area contributed by atoms with E-state index in [1.807, 2.05) is 0 Å². The number of hydrogen-bond donors (Lipinski definition) is 1. The number of hydrogen-bond acceptors (Lipinski definition) is 3. The van der Waals surface area contributed by atoms with Crippen molar-refractivity contribution in [3.63, 3.8) is 0 Å². The Morgan fingerprint density at radius 2 is 2.16 bits per heavy atom. The normalized spacial score (nSPS) is 30.9. The Kier molecular flexibility index (Phi) is 3.76. The van der Waals surface area contributed by atoms with Gasteiger partial charge >= 0.3 is 0 Å². The fourth-order valence-electron chi connectivity index (χ4n) is 3.22. The maximum Gasteiger partial charge on any atom is 0.0674 e. The molecule has 0 spiro atoms. The molecule has 3 rings (SSSR count). The van der Waals surface area contributed by atoms with Crippen molar-refractivity contribution < 1.29 is 4.74 Å². The maximum atomic E-state index is 5.69. The van der Waals surface area contributed by atoms with Gasteiger partial charge in [-0.2, -0.15) is 0 Å². The molecule has 0 saturated carbocycles. The van der Waals surface area contributed by atoms with Crippen LogP contribution in [-0.2, 0) is 4.74 Å². The van der Waals surface area contributed by atoms with Gasteiger partial charge in [-0.05, 0) is 38.4 Å². The van der Waals surface area contributed by atoms with Crippen molar-refractivity contribution in [1.82, 2.24) is 4.90 Å². The molecule has 1 N–H and O–H groups in total. The second-order valence-electron chi connectivity index (χ2n) is 5.94. The van der Waals surface area contributed by atoms with Gasteiger partial charge < -0.3 is 10.1 Å². The lowest BCUT2D eigenvalue weighted by Crippen LogP contribution is -2.47. The monoisotopic (exact) mass is 260 g/mol. The third-order valence-corrected chi connectivity index (χ3v) is 4.44. The number of rotatable bonds is 3. The van der Waals surface area contributed by atoms with Crippen LogP contribution < -0.4 is 5.32 Å². The van der Waals surface area contributed by atoms with Crippen molar-refractivity contribution >= 4 is 5.69 Å². The Labute approximate surface area is 115 Å². The molecule has 0 amide bonds. The minimum atomic E-state index is 0.380. The summed E-state index contributed by atoms with van der Waals surface area (Å²) in [5.41, 5.74) is 2.83. The SMILES string of the molecule is CC1CN(CCC2CNc3ccccc32)C(C)CO1. The van der Waals surface area contributed by atoms with Crippen molar-refractivity contribution in [1.29, 1.82) is 0 Å². The molecule has 1 fully saturated rings. The van der Waals surface area contributed by atoms with Gasteiger partial charge in [0, 0.05) is 30.7 Å². The topological polar surface area (TPSA) is 24.5 Å². The van der Waals surface area contributed by atoms with Crippen molar-refractivity contribution in [3.8, 4) is 0 Å². The van der Waals surface area contributed by atoms with Crippen LogP contribution in [0.25, 0.3) is 0 Å². The van der Waals surface area contributed by atoms with Crippen LogP contribution in [0.5, 0.6) is 0 Å². The van der Waals surface area contributed by atoms with Gasteiger partial charge in [0.2, 0.25) is 0 Å². The van der Waals surface area contributed by atoms with E-state index in [2.05, 4.69) is 48.3 Å². The number of ether oxygens (including phenoxy) is 1. The molecule has 0 aromatic heterocycles. The highest BCUT2D eigenvalue weighted by Crippen LogP contribution is 2.33. The Balaban J connectivity index is 1.58. The van der Waals surface area contributed by atoms with Gasteiger partial charge in [0.15, 0.2) is 0 Å². The van der Waals surface area contributed by atoms with Crippen molar-refractivity contribution in [2.24, 2.45) is 0 Å². The Bertz CT molecular complexity index is 435. The molecule has 0 bridgehead atoms. The molecule has 19 heavy (non-hydrogen) atoms. The first kappa shape index (κ1) is 12.9. The number of anilines is 1. The summed E-state index contributed by atoms with van der Waals surface area (Å²) in [6.45, 7) is 8.66. The van der Waals surface area contributed by atoms with E-state index in [4.69, 9.17) is 4.74 Å². The summed E-state index contributed by atoms with van der Waals surface area (Å²) < 4.78 is 5.69. The van der Waals surface area contributed by atoms with Crippen LogP contribution in [0.4, 0.5) is 5.69 Å². The molecule has 0 aliphatic carbocycles. The average molecular weight is 260 g/mol.